The van der Waals surface area contributed by atoms with E-state index < -0.39 is 5.91 Å². The number of carbonyl (C=O) groups is 2. The summed E-state index contributed by atoms with van der Waals surface area (Å²) >= 11 is 1.32. The van der Waals surface area contributed by atoms with Gasteiger partial charge in [0.2, 0.25) is 5.91 Å². The van der Waals surface area contributed by atoms with Crippen molar-refractivity contribution < 1.29 is 28.5 Å². The monoisotopic (exact) mass is 429 g/mol. The van der Waals surface area contributed by atoms with Crippen molar-refractivity contribution in [3.8, 4) is 23.0 Å². The van der Waals surface area contributed by atoms with Gasteiger partial charge in [-0.1, -0.05) is 11.3 Å². The van der Waals surface area contributed by atoms with E-state index in [1.807, 2.05) is 6.07 Å². The molecule has 10 heteroatoms. The number of methoxy groups -OCH3 is 2. The number of nitrogens with zero attached hydrogens (tertiary/aromatic N) is 1. The lowest BCUT2D eigenvalue weighted by molar-refractivity contribution is -0.115. The first kappa shape index (κ1) is 19.8. The average molecular weight is 429 g/mol. The lowest BCUT2D eigenvalue weighted by Crippen LogP contribution is -2.32. The highest BCUT2D eigenvalue weighted by Crippen LogP contribution is 2.37. The van der Waals surface area contributed by atoms with Crippen LogP contribution in [0.1, 0.15) is 10.4 Å². The summed E-state index contributed by atoms with van der Waals surface area (Å²) in [4.78, 5) is 29.0. The van der Waals surface area contributed by atoms with E-state index >= 15 is 0 Å². The van der Waals surface area contributed by atoms with Gasteiger partial charge in [-0.05, 0) is 18.2 Å². The lowest BCUT2D eigenvalue weighted by atomic mass is 10.2. The maximum atomic E-state index is 12.3. The SMILES string of the molecule is COc1ccc(C(=O)NCC(=O)Nc2nc3cc4c(cc3s2)OCCO4)cc1OC. The number of benzene rings is 2. The first-order chi connectivity index (χ1) is 14.6. The molecular formula is C20H19N3O6S. The Bertz CT molecular complexity index is 1070. The second-order valence-electron chi connectivity index (χ2n) is 6.28. The van der Waals surface area contributed by atoms with Gasteiger partial charge in [0.05, 0.1) is 31.0 Å². The number of amides is 2. The fourth-order valence-corrected chi connectivity index (χ4v) is 3.81. The Labute approximate surface area is 175 Å². The van der Waals surface area contributed by atoms with Crippen molar-refractivity contribution in [1.29, 1.82) is 0 Å². The molecule has 0 unspecified atom stereocenters. The van der Waals surface area contributed by atoms with Crippen LogP contribution in [0, 0.1) is 0 Å². The standard InChI is InChI=1S/C20H19N3O6S/c1-26-13-4-3-11(7-14(13)27-2)19(25)21-10-18(24)23-20-22-12-8-15-16(9-17(12)30-20)29-6-5-28-15/h3-4,7-9H,5-6,10H2,1-2H3,(H,21,25)(H,22,23,24). The van der Waals surface area contributed by atoms with E-state index in [2.05, 4.69) is 15.6 Å². The normalized spacial score (nSPS) is 12.3. The third kappa shape index (κ3) is 4.08. The van der Waals surface area contributed by atoms with Gasteiger partial charge in [-0.25, -0.2) is 4.98 Å². The van der Waals surface area contributed by atoms with Crippen LogP contribution in [-0.2, 0) is 4.79 Å². The molecule has 2 aromatic carbocycles. The molecule has 30 heavy (non-hydrogen) atoms. The predicted octanol–water partition coefficient (Wildman–Crippen LogP) is 2.45. The van der Waals surface area contributed by atoms with Gasteiger partial charge in [-0.15, -0.1) is 0 Å². The van der Waals surface area contributed by atoms with Crippen LogP contribution in [0.5, 0.6) is 23.0 Å². The smallest absolute Gasteiger partial charge is 0.251 e. The molecule has 2 amide bonds. The minimum Gasteiger partial charge on any atom is -0.493 e. The molecule has 0 saturated heterocycles. The number of thiazole rings is 1. The number of carbonyl (C=O) groups excluding carboxylic acids is 2. The fourth-order valence-electron chi connectivity index (χ4n) is 2.92. The summed E-state index contributed by atoms with van der Waals surface area (Å²) in [5.74, 6) is 1.45. The topological polar surface area (TPSA) is 108 Å². The number of aromatic nitrogens is 1. The summed E-state index contributed by atoms with van der Waals surface area (Å²) in [6.07, 6.45) is 0. The van der Waals surface area contributed by atoms with Gasteiger partial charge < -0.3 is 29.6 Å². The van der Waals surface area contributed by atoms with Crippen LogP contribution in [0.15, 0.2) is 30.3 Å². The molecule has 9 nitrogen and oxygen atoms in total. The molecule has 4 rings (SSSR count). The Morgan fingerprint density at radius 3 is 2.53 bits per heavy atom. The third-order valence-electron chi connectivity index (χ3n) is 4.35. The number of fused-ring (bicyclic) bond motifs is 2. The van der Waals surface area contributed by atoms with Crippen molar-refractivity contribution in [2.75, 3.05) is 39.3 Å². The first-order valence-corrected chi connectivity index (χ1v) is 9.89. The summed E-state index contributed by atoms with van der Waals surface area (Å²) in [6, 6.07) is 8.40. The van der Waals surface area contributed by atoms with Crippen LogP contribution in [0.25, 0.3) is 10.2 Å². The summed E-state index contributed by atoms with van der Waals surface area (Å²) in [5.41, 5.74) is 1.06. The van der Waals surface area contributed by atoms with E-state index in [1.165, 1.54) is 25.6 Å². The van der Waals surface area contributed by atoms with Crippen molar-refractivity contribution >= 4 is 38.5 Å². The largest absolute Gasteiger partial charge is 0.493 e. The zero-order valence-corrected chi connectivity index (χ0v) is 17.1. The summed E-state index contributed by atoms with van der Waals surface area (Å²) in [7, 11) is 3.00. The van der Waals surface area contributed by atoms with Crippen molar-refractivity contribution in [2.24, 2.45) is 0 Å². The molecule has 2 heterocycles. The molecule has 0 atom stereocenters. The molecule has 0 spiro atoms. The Balaban J connectivity index is 1.38. The highest BCUT2D eigenvalue weighted by Gasteiger charge is 2.17. The van der Waals surface area contributed by atoms with Crippen LogP contribution >= 0.6 is 11.3 Å². The molecule has 0 radical (unpaired) electrons. The Morgan fingerprint density at radius 1 is 1.07 bits per heavy atom. The zero-order chi connectivity index (χ0) is 21.1. The highest BCUT2D eigenvalue weighted by molar-refractivity contribution is 7.22. The quantitative estimate of drug-likeness (QED) is 0.620. The van der Waals surface area contributed by atoms with Gasteiger partial charge in [-0.3, -0.25) is 9.59 Å². The van der Waals surface area contributed by atoms with Gasteiger partial charge in [0.15, 0.2) is 28.1 Å². The lowest BCUT2D eigenvalue weighted by Gasteiger charge is -2.17. The average Bonchev–Trinajstić information content (AvgIpc) is 3.15. The number of ether oxygens (including phenoxy) is 4. The molecule has 3 aromatic rings. The zero-order valence-electron chi connectivity index (χ0n) is 16.3. The van der Waals surface area contributed by atoms with Crippen LogP contribution in [-0.4, -0.2) is 50.8 Å². The number of nitrogens with one attached hydrogen (secondary N) is 2. The van der Waals surface area contributed by atoms with Gasteiger partial charge in [0.1, 0.15) is 13.2 Å². The third-order valence-corrected chi connectivity index (χ3v) is 5.29. The molecule has 0 fully saturated rings. The molecule has 2 N–H and O–H groups in total. The van der Waals surface area contributed by atoms with E-state index in [0.29, 0.717) is 52.4 Å². The number of hydrogen-bond donors (Lipinski definition) is 2. The predicted molar refractivity (Wildman–Crippen MR) is 111 cm³/mol. The molecule has 0 saturated carbocycles. The van der Waals surface area contributed by atoms with Crippen molar-refractivity contribution in [3.63, 3.8) is 0 Å². The van der Waals surface area contributed by atoms with Gasteiger partial charge in [0.25, 0.3) is 5.91 Å². The number of anilines is 1. The molecule has 1 aliphatic rings. The Morgan fingerprint density at radius 2 is 1.80 bits per heavy atom. The highest BCUT2D eigenvalue weighted by atomic mass is 32.1. The van der Waals surface area contributed by atoms with Gasteiger partial charge >= 0.3 is 0 Å². The van der Waals surface area contributed by atoms with Crippen molar-refractivity contribution in [2.45, 2.75) is 0 Å². The van der Waals surface area contributed by atoms with Crippen LogP contribution in [0.4, 0.5) is 5.13 Å². The first-order valence-electron chi connectivity index (χ1n) is 9.07. The van der Waals surface area contributed by atoms with Crippen LogP contribution < -0.4 is 29.6 Å². The molecule has 156 valence electrons. The summed E-state index contributed by atoms with van der Waals surface area (Å²) in [6.45, 7) is 0.790. The summed E-state index contributed by atoms with van der Waals surface area (Å²) in [5, 5.41) is 5.70. The van der Waals surface area contributed by atoms with Crippen molar-refractivity contribution in [3.05, 3.63) is 35.9 Å². The van der Waals surface area contributed by atoms with E-state index in [-0.39, 0.29) is 12.5 Å². The van der Waals surface area contributed by atoms with E-state index in [0.717, 1.165) is 4.70 Å². The number of rotatable bonds is 6. The fraction of sp³-hybridized carbons (Fsp3) is 0.250. The number of hydrogen-bond acceptors (Lipinski definition) is 8. The molecule has 1 aromatic heterocycles. The minimum atomic E-state index is -0.405. The maximum Gasteiger partial charge on any atom is 0.251 e. The summed E-state index contributed by atoms with van der Waals surface area (Å²) < 4.78 is 22.3. The van der Waals surface area contributed by atoms with E-state index in [9.17, 15) is 9.59 Å². The molecule has 1 aliphatic heterocycles. The van der Waals surface area contributed by atoms with Crippen LogP contribution in [0.3, 0.4) is 0 Å². The van der Waals surface area contributed by atoms with E-state index in [1.54, 1.807) is 24.3 Å². The Kier molecular flexibility index (Phi) is 5.57. The van der Waals surface area contributed by atoms with Gasteiger partial charge in [-0.2, -0.15) is 0 Å². The van der Waals surface area contributed by atoms with Crippen molar-refractivity contribution in [1.82, 2.24) is 10.3 Å². The second-order valence-corrected chi connectivity index (χ2v) is 7.31. The Hall–Kier alpha value is -3.53. The second kappa shape index (κ2) is 8.46. The van der Waals surface area contributed by atoms with Crippen LogP contribution in [0.2, 0.25) is 0 Å². The van der Waals surface area contributed by atoms with E-state index in [4.69, 9.17) is 18.9 Å². The van der Waals surface area contributed by atoms with Gasteiger partial charge in [0, 0.05) is 17.7 Å². The minimum absolute atomic E-state index is 0.203. The molecule has 0 bridgehead atoms. The maximum absolute atomic E-state index is 12.3. The molecular weight excluding hydrogens is 410 g/mol. The molecule has 0 aliphatic carbocycles.